The molecule has 3 heteroatoms. The van der Waals surface area contributed by atoms with E-state index in [1.165, 1.54) is 6.20 Å². The van der Waals surface area contributed by atoms with Crippen LogP contribution < -0.4 is 0 Å². The van der Waals surface area contributed by atoms with Crippen LogP contribution in [0.3, 0.4) is 0 Å². The van der Waals surface area contributed by atoms with E-state index in [2.05, 4.69) is 16.2 Å². The van der Waals surface area contributed by atoms with Gasteiger partial charge in [-0.05, 0) is 0 Å². The molecular formula is C4H2FN2. The molecule has 0 unspecified atom stereocenters. The molecule has 0 saturated heterocycles. The molecular weight excluding hydrogens is 95.1 g/mol. The van der Waals surface area contributed by atoms with E-state index in [-0.39, 0.29) is 0 Å². The minimum absolute atomic E-state index is 0.571. The summed E-state index contributed by atoms with van der Waals surface area (Å²) < 4.78 is 11.7. The van der Waals surface area contributed by atoms with E-state index >= 15 is 0 Å². The number of nitrogens with zero attached hydrogens (tertiary/aromatic N) is 2. The normalized spacial score (nSPS) is 8.71. The first-order valence-electron chi connectivity index (χ1n) is 1.73. The molecule has 0 fully saturated rings. The standard InChI is InChI=1S/C4H2FN2/c5-4-3-6-1-2-7-4/h2-3H. The van der Waals surface area contributed by atoms with Crippen LogP contribution in [0.1, 0.15) is 0 Å². The lowest BCUT2D eigenvalue weighted by Gasteiger charge is -1.76. The highest BCUT2D eigenvalue weighted by atomic mass is 19.1. The van der Waals surface area contributed by atoms with Crippen LogP contribution >= 0.6 is 0 Å². The van der Waals surface area contributed by atoms with Crippen LogP contribution in [0.25, 0.3) is 0 Å². The Balaban J connectivity index is 3.02. The topological polar surface area (TPSA) is 25.8 Å². The molecule has 7 heavy (non-hydrogen) atoms. The molecule has 35 valence electrons. The third-order valence-corrected chi connectivity index (χ3v) is 0.491. The molecule has 0 atom stereocenters. The lowest BCUT2D eigenvalue weighted by molar-refractivity contribution is 0.576. The van der Waals surface area contributed by atoms with Crippen LogP contribution in [0, 0.1) is 12.1 Å². The zero-order chi connectivity index (χ0) is 5.11. The summed E-state index contributed by atoms with van der Waals surface area (Å²) in [5, 5.41) is 0. The maximum atomic E-state index is 11.7. The number of rotatable bonds is 0. The molecule has 0 aliphatic rings. The fourth-order valence-corrected chi connectivity index (χ4v) is 0.248. The highest BCUT2D eigenvalue weighted by Gasteiger charge is 1.80. The Morgan fingerprint density at radius 2 is 2.57 bits per heavy atom. The van der Waals surface area contributed by atoms with Gasteiger partial charge >= 0.3 is 0 Å². The maximum absolute atomic E-state index is 11.7. The fourth-order valence-electron chi connectivity index (χ4n) is 0.248. The minimum atomic E-state index is -0.571. The zero-order valence-corrected chi connectivity index (χ0v) is 3.43. The van der Waals surface area contributed by atoms with Gasteiger partial charge in [0.2, 0.25) is 5.95 Å². The number of hydrogen-bond acceptors (Lipinski definition) is 2. The van der Waals surface area contributed by atoms with Crippen molar-refractivity contribution in [2.24, 2.45) is 0 Å². The molecule has 0 N–H and O–H groups in total. The van der Waals surface area contributed by atoms with E-state index in [9.17, 15) is 4.39 Å². The third kappa shape index (κ3) is 0.924. The van der Waals surface area contributed by atoms with Crippen LogP contribution in [0.5, 0.6) is 0 Å². The van der Waals surface area contributed by atoms with Crippen molar-refractivity contribution in [2.75, 3.05) is 0 Å². The van der Waals surface area contributed by atoms with Crippen LogP contribution in [0.4, 0.5) is 4.39 Å². The Hall–Kier alpha value is -0.990. The van der Waals surface area contributed by atoms with Gasteiger partial charge in [0.15, 0.2) is 0 Å². The smallest absolute Gasteiger partial charge is 0.231 e. The molecule has 0 amide bonds. The Kier molecular flexibility index (Phi) is 0.978. The van der Waals surface area contributed by atoms with E-state index in [0.717, 1.165) is 6.20 Å². The molecule has 1 radical (unpaired) electrons. The predicted octanol–water partition coefficient (Wildman–Crippen LogP) is 0.416. The molecule has 0 aliphatic carbocycles. The Labute approximate surface area is 40.0 Å². The molecule has 1 heterocycles. The minimum Gasteiger partial charge on any atom is -0.248 e. The van der Waals surface area contributed by atoms with Gasteiger partial charge in [-0.15, -0.1) is 0 Å². The first-order valence-corrected chi connectivity index (χ1v) is 1.73. The molecule has 1 aromatic heterocycles. The van der Waals surface area contributed by atoms with Crippen molar-refractivity contribution >= 4 is 0 Å². The van der Waals surface area contributed by atoms with Gasteiger partial charge in [0.1, 0.15) is 6.20 Å². The third-order valence-electron chi connectivity index (χ3n) is 0.491. The summed E-state index contributed by atoms with van der Waals surface area (Å²) in [6, 6.07) is 0. The maximum Gasteiger partial charge on any atom is 0.231 e. The van der Waals surface area contributed by atoms with Crippen LogP contribution in [-0.2, 0) is 0 Å². The van der Waals surface area contributed by atoms with Gasteiger partial charge in [0, 0.05) is 0 Å². The van der Waals surface area contributed by atoms with E-state index in [4.69, 9.17) is 0 Å². The van der Waals surface area contributed by atoms with E-state index in [1.807, 2.05) is 0 Å². The lowest BCUT2D eigenvalue weighted by atomic mass is 10.8. The summed E-state index contributed by atoms with van der Waals surface area (Å²) >= 11 is 0. The van der Waals surface area contributed by atoms with Gasteiger partial charge in [-0.2, -0.15) is 4.39 Å². The number of aromatic nitrogens is 2. The average molecular weight is 97.1 g/mol. The molecule has 1 aromatic rings. The summed E-state index contributed by atoms with van der Waals surface area (Å²) in [4.78, 5) is 6.52. The molecule has 0 bridgehead atoms. The van der Waals surface area contributed by atoms with Gasteiger partial charge in [-0.1, -0.05) is 0 Å². The Morgan fingerprint density at radius 3 is 2.86 bits per heavy atom. The highest BCUT2D eigenvalue weighted by molar-refractivity contribution is 4.73. The largest absolute Gasteiger partial charge is 0.248 e. The fraction of sp³-hybridized carbons (Fsp3) is 0. The van der Waals surface area contributed by atoms with Crippen molar-refractivity contribution < 1.29 is 4.39 Å². The van der Waals surface area contributed by atoms with Crippen molar-refractivity contribution in [3.05, 3.63) is 24.5 Å². The van der Waals surface area contributed by atoms with Crippen molar-refractivity contribution in [2.45, 2.75) is 0 Å². The Morgan fingerprint density at radius 1 is 1.71 bits per heavy atom. The van der Waals surface area contributed by atoms with Gasteiger partial charge in [-0.25, -0.2) is 9.97 Å². The van der Waals surface area contributed by atoms with E-state index in [0.29, 0.717) is 0 Å². The summed E-state index contributed by atoms with van der Waals surface area (Å²) in [6.07, 6.45) is 4.51. The highest BCUT2D eigenvalue weighted by Crippen LogP contribution is 1.80. The Bertz CT molecular complexity index is 140. The van der Waals surface area contributed by atoms with Crippen molar-refractivity contribution in [1.29, 1.82) is 0 Å². The molecule has 1 rings (SSSR count). The monoisotopic (exact) mass is 97.0 g/mol. The van der Waals surface area contributed by atoms with Crippen molar-refractivity contribution in [3.63, 3.8) is 0 Å². The van der Waals surface area contributed by atoms with Crippen LogP contribution in [-0.4, -0.2) is 9.97 Å². The number of halogens is 1. The second-order valence-corrected chi connectivity index (χ2v) is 0.968. The average Bonchev–Trinajstić information content (AvgIpc) is 1.69. The molecule has 0 spiro atoms. The summed E-state index contributed by atoms with van der Waals surface area (Å²) in [5.41, 5.74) is 0. The van der Waals surface area contributed by atoms with E-state index < -0.39 is 5.95 Å². The second kappa shape index (κ2) is 1.64. The van der Waals surface area contributed by atoms with Gasteiger partial charge < -0.3 is 0 Å². The van der Waals surface area contributed by atoms with Crippen molar-refractivity contribution in [1.82, 2.24) is 9.97 Å². The zero-order valence-electron chi connectivity index (χ0n) is 3.43. The van der Waals surface area contributed by atoms with Crippen LogP contribution in [0.15, 0.2) is 12.4 Å². The molecule has 0 saturated carbocycles. The van der Waals surface area contributed by atoms with Crippen molar-refractivity contribution in [3.8, 4) is 0 Å². The predicted molar refractivity (Wildman–Crippen MR) is 20.8 cm³/mol. The summed E-state index contributed by atoms with van der Waals surface area (Å²) in [5.74, 6) is -0.571. The second-order valence-electron chi connectivity index (χ2n) is 0.968. The molecule has 0 aromatic carbocycles. The van der Waals surface area contributed by atoms with Gasteiger partial charge in [0.05, 0.1) is 12.4 Å². The first kappa shape index (κ1) is 4.18. The first-order chi connectivity index (χ1) is 3.39. The van der Waals surface area contributed by atoms with Gasteiger partial charge in [-0.3, -0.25) is 0 Å². The lowest BCUT2D eigenvalue weighted by Crippen LogP contribution is -1.79. The van der Waals surface area contributed by atoms with Gasteiger partial charge in [0.25, 0.3) is 0 Å². The number of hydrogen-bond donors (Lipinski definition) is 0. The summed E-state index contributed by atoms with van der Waals surface area (Å²) in [6.45, 7) is 0. The molecule has 2 nitrogen and oxygen atoms in total. The molecule has 0 aliphatic heterocycles. The van der Waals surface area contributed by atoms with Crippen LogP contribution in [0.2, 0.25) is 0 Å². The van der Waals surface area contributed by atoms with E-state index in [1.54, 1.807) is 0 Å². The quantitative estimate of drug-likeness (QED) is 0.468. The summed E-state index contributed by atoms with van der Waals surface area (Å²) in [7, 11) is 0. The SMILES string of the molecule is Fc1cn[c]cn1.